The second-order valence-corrected chi connectivity index (χ2v) is 5.86. The van der Waals surface area contributed by atoms with E-state index >= 15 is 0 Å². The zero-order chi connectivity index (χ0) is 18.3. The summed E-state index contributed by atoms with van der Waals surface area (Å²) in [6.45, 7) is 6.11. The molecule has 1 aromatic rings. The average Bonchev–Trinajstić information content (AvgIpc) is 2.63. The highest BCUT2D eigenvalue weighted by molar-refractivity contribution is 5.81. The SMILES string of the molecule is C=CCOC(=O)NC(Cc1ccccc1)C(=O)OCCCCCCC. The Morgan fingerprint density at radius 1 is 1.12 bits per heavy atom. The minimum absolute atomic E-state index is 0.0936. The van der Waals surface area contributed by atoms with E-state index < -0.39 is 18.1 Å². The molecule has 138 valence electrons. The zero-order valence-corrected chi connectivity index (χ0v) is 15.0. The second kappa shape index (κ2) is 13.0. The molecule has 0 fully saturated rings. The number of carbonyl (C=O) groups is 2. The van der Waals surface area contributed by atoms with Gasteiger partial charge >= 0.3 is 12.1 Å². The summed E-state index contributed by atoms with van der Waals surface area (Å²) in [5, 5.41) is 2.58. The highest BCUT2D eigenvalue weighted by Crippen LogP contribution is 2.07. The summed E-state index contributed by atoms with van der Waals surface area (Å²) < 4.78 is 10.2. The van der Waals surface area contributed by atoms with Crippen molar-refractivity contribution in [3.8, 4) is 0 Å². The van der Waals surface area contributed by atoms with Gasteiger partial charge in [-0.2, -0.15) is 0 Å². The monoisotopic (exact) mass is 347 g/mol. The number of unbranched alkanes of at least 4 members (excludes halogenated alkanes) is 4. The van der Waals surface area contributed by atoms with Gasteiger partial charge in [0.2, 0.25) is 0 Å². The Labute approximate surface area is 150 Å². The van der Waals surface area contributed by atoms with Gasteiger partial charge in [-0.05, 0) is 12.0 Å². The molecule has 0 radical (unpaired) electrons. The Morgan fingerprint density at radius 3 is 2.52 bits per heavy atom. The van der Waals surface area contributed by atoms with Crippen molar-refractivity contribution in [3.05, 3.63) is 48.6 Å². The van der Waals surface area contributed by atoms with Gasteiger partial charge in [0, 0.05) is 6.42 Å². The molecule has 0 spiro atoms. The fourth-order valence-electron chi connectivity index (χ4n) is 2.34. The van der Waals surface area contributed by atoms with Gasteiger partial charge in [-0.1, -0.05) is 75.6 Å². The molecule has 1 aromatic carbocycles. The first-order valence-electron chi connectivity index (χ1n) is 8.92. The predicted octanol–water partition coefficient (Wildman–Crippen LogP) is 4.02. The lowest BCUT2D eigenvalue weighted by Gasteiger charge is -2.17. The van der Waals surface area contributed by atoms with Crippen LogP contribution in [-0.2, 0) is 20.7 Å². The number of amides is 1. The quantitative estimate of drug-likeness (QED) is 0.352. The Balaban J connectivity index is 2.52. The first-order chi connectivity index (χ1) is 12.2. The maximum Gasteiger partial charge on any atom is 0.408 e. The van der Waals surface area contributed by atoms with E-state index in [9.17, 15) is 9.59 Å². The van der Waals surface area contributed by atoms with Gasteiger partial charge < -0.3 is 14.8 Å². The molecule has 1 N–H and O–H groups in total. The van der Waals surface area contributed by atoms with Gasteiger partial charge in [-0.3, -0.25) is 0 Å². The molecule has 0 aromatic heterocycles. The zero-order valence-electron chi connectivity index (χ0n) is 15.0. The van der Waals surface area contributed by atoms with Crippen molar-refractivity contribution in [2.45, 2.75) is 51.5 Å². The lowest BCUT2D eigenvalue weighted by Crippen LogP contribution is -2.43. The third kappa shape index (κ3) is 9.55. The summed E-state index contributed by atoms with van der Waals surface area (Å²) in [6.07, 6.45) is 6.58. The van der Waals surface area contributed by atoms with Gasteiger partial charge in [0.15, 0.2) is 0 Å². The number of rotatable bonds is 12. The number of ether oxygens (including phenoxy) is 2. The molecule has 5 heteroatoms. The summed E-state index contributed by atoms with van der Waals surface area (Å²) in [4.78, 5) is 24.1. The molecule has 5 nitrogen and oxygen atoms in total. The van der Waals surface area contributed by atoms with E-state index in [1.165, 1.54) is 18.9 Å². The number of esters is 1. The maximum atomic E-state index is 12.3. The lowest BCUT2D eigenvalue weighted by molar-refractivity contribution is -0.146. The average molecular weight is 347 g/mol. The largest absolute Gasteiger partial charge is 0.464 e. The van der Waals surface area contributed by atoms with Gasteiger partial charge in [-0.25, -0.2) is 9.59 Å². The third-order valence-corrected chi connectivity index (χ3v) is 3.68. The van der Waals surface area contributed by atoms with Crippen LogP contribution in [0.25, 0.3) is 0 Å². The summed E-state index contributed by atoms with van der Waals surface area (Å²) in [6, 6.07) is 8.72. The van der Waals surface area contributed by atoms with E-state index in [1.54, 1.807) is 0 Å². The first kappa shape index (κ1) is 20.7. The van der Waals surface area contributed by atoms with Gasteiger partial charge in [0.25, 0.3) is 0 Å². The van der Waals surface area contributed by atoms with Crippen molar-refractivity contribution in [2.75, 3.05) is 13.2 Å². The highest BCUT2D eigenvalue weighted by Gasteiger charge is 2.23. The molecular formula is C20H29NO4. The molecule has 1 amide bonds. The number of carbonyl (C=O) groups excluding carboxylic acids is 2. The number of hydrogen-bond acceptors (Lipinski definition) is 4. The smallest absolute Gasteiger partial charge is 0.408 e. The van der Waals surface area contributed by atoms with E-state index in [1.807, 2.05) is 30.3 Å². The topological polar surface area (TPSA) is 64.6 Å². The Bertz CT molecular complexity index is 516. The summed E-state index contributed by atoms with van der Waals surface area (Å²) in [7, 11) is 0. The van der Waals surface area contributed by atoms with Crippen LogP contribution in [0.4, 0.5) is 4.79 Å². The van der Waals surface area contributed by atoms with Gasteiger partial charge in [0.05, 0.1) is 6.61 Å². The lowest BCUT2D eigenvalue weighted by atomic mass is 10.1. The van der Waals surface area contributed by atoms with Crippen LogP contribution < -0.4 is 5.32 Å². The van der Waals surface area contributed by atoms with Crippen LogP contribution in [0.3, 0.4) is 0 Å². The Kier molecular flexibility index (Phi) is 10.8. The van der Waals surface area contributed by atoms with Crippen LogP contribution in [0.2, 0.25) is 0 Å². The van der Waals surface area contributed by atoms with E-state index in [0.29, 0.717) is 13.0 Å². The summed E-state index contributed by atoms with van der Waals surface area (Å²) in [5.74, 6) is -0.435. The van der Waals surface area contributed by atoms with Crippen LogP contribution in [0.1, 0.15) is 44.6 Å². The van der Waals surface area contributed by atoms with E-state index in [2.05, 4.69) is 18.8 Å². The maximum absolute atomic E-state index is 12.3. The molecule has 1 rings (SSSR count). The molecule has 0 aliphatic rings. The molecule has 0 aliphatic carbocycles. The van der Waals surface area contributed by atoms with E-state index in [0.717, 1.165) is 24.8 Å². The molecular weight excluding hydrogens is 318 g/mol. The Morgan fingerprint density at radius 2 is 1.84 bits per heavy atom. The van der Waals surface area contributed by atoms with Crippen LogP contribution in [0, 0.1) is 0 Å². The number of hydrogen-bond donors (Lipinski definition) is 1. The van der Waals surface area contributed by atoms with Crippen molar-refractivity contribution < 1.29 is 19.1 Å². The van der Waals surface area contributed by atoms with Crippen LogP contribution in [0.5, 0.6) is 0 Å². The van der Waals surface area contributed by atoms with Gasteiger partial charge in [-0.15, -0.1) is 0 Å². The predicted molar refractivity (Wildman–Crippen MR) is 98.3 cm³/mol. The van der Waals surface area contributed by atoms with E-state index in [-0.39, 0.29) is 6.61 Å². The third-order valence-electron chi connectivity index (χ3n) is 3.68. The van der Waals surface area contributed by atoms with Crippen molar-refractivity contribution in [1.82, 2.24) is 5.32 Å². The molecule has 0 saturated heterocycles. The minimum atomic E-state index is -0.768. The van der Waals surface area contributed by atoms with Crippen molar-refractivity contribution >= 4 is 12.1 Å². The van der Waals surface area contributed by atoms with Crippen molar-refractivity contribution in [1.29, 1.82) is 0 Å². The van der Waals surface area contributed by atoms with Crippen LogP contribution in [0.15, 0.2) is 43.0 Å². The van der Waals surface area contributed by atoms with Crippen LogP contribution in [-0.4, -0.2) is 31.3 Å². The van der Waals surface area contributed by atoms with Crippen molar-refractivity contribution in [2.24, 2.45) is 0 Å². The molecule has 25 heavy (non-hydrogen) atoms. The fourth-order valence-corrected chi connectivity index (χ4v) is 2.34. The number of benzene rings is 1. The molecule has 1 atom stereocenters. The van der Waals surface area contributed by atoms with Gasteiger partial charge in [0.1, 0.15) is 12.6 Å². The van der Waals surface area contributed by atoms with Crippen molar-refractivity contribution in [3.63, 3.8) is 0 Å². The summed E-state index contributed by atoms with van der Waals surface area (Å²) in [5.41, 5.74) is 0.941. The molecule has 0 aliphatic heterocycles. The molecule has 0 heterocycles. The molecule has 0 bridgehead atoms. The number of nitrogens with one attached hydrogen (secondary N) is 1. The number of alkyl carbamates (subject to hydrolysis) is 1. The standard InChI is InChI=1S/C20H29NO4/c1-3-5-6-7-11-15-24-19(22)18(21-20(23)25-14-4-2)16-17-12-9-8-10-13-17/h4,8-10,12-13,18H,2-3,5-7,11,14-16H2,1H3,(H,21,23). The summed E-state index contributed by atoms with van der Waals surface area (Å²) >= 11 is 0. The fraction of sp³-hybridized carbons (Fsp3) is 0.500. The molecule has 1 unspecified atom stereocenters. The Hall–Kier alpha value is -2.30. The normalized spacial score (nSPS) is 11.4. The highest BCUT2D eigenvalue weighted by atomic mass is 16.6. The van der Waals surface area contributed by atoms with Crippen LogP contribution >= 0.6 is 0 Å². The minimum Gasteiger partial charge on any atom is -0.464 e. The second-order valence-electron chi connectivity index (χ2n) is 5.86. The van der Waals surface area contributed by atoms with E-state index in [4.69, 9.17) is 9.47 Å². The molecule has 0 saturated carbocycles. The first-order valence-corrected chi connectivity index (χ1v) is 8.92.